The zero-order chi connectivity index (χ0) is 19.9. The second-order valence-electron chi connectivity index (χ2n) is 5.80. The van der Waals surface area contributed by atoms with Crippen molar-refractivity contribution in [2.75, 3.05) is 24.7 Å². The van der Waals surface area contributed by atoms with Gasteiger partial charge in [-0.15, -0.1) is 0 Å². The Morgan fingerprint density at radius 3 is 2.31 bits per heavy atom. The predicted molar refractivity (Wildman–Crippen MR) is 99.0 cm³/mol. The fourth-order valence-corrected chi connectivity index (χ4v) is 2.93. The van der Waals surface area contributed by atoms with Crippen LogP contribution in [-0.4, -0.2) is 87.6 Å². The molecule has 0 radical (unpaired) electrons. The van der Waals surface area contributed by atoms with E-state index in [2.05, 4.69) is 35.9 Å². The summed E-state index contributed by atoms with van der Waals surface area (Å²) in [5.41, 5.74) is 5.68. The Kier molecular flexibility index (Phi) is 9.19. The minimum Gasteiger partial charge on any atom is -0.480 e. The Labute approximate surface area is 161 Å². The van der Waals surface area contributed by atoms with Crippen LogP contribution in [0.2, 0.25) is 0 Å². The van der Waals surface area contributed by atoms with Gasteiger partial charge in [-0.1, -0.05) is 0 Å². The molecule has 26 heavy (non-hydrogen) atoms. The first-order valence-electron chi connectivity index (χ1n) is 7.99. The molecule has 6 N–H and O–H groups in total. The van der Waals surface area contributed by atoms with Crippen LogP contribution in [0.1, 0.15) is 12.8 Å². The van der Waals surface area contributed by atoms with Crippen molar-refractivity contribution in [1.82, 2.24) is 15.5 Å². The van der Waals surface area contributed by atoms with Crippen molar-refractivity contribution in [3.05, 3.63) is 0 Å². The van der Waals surface area contributed by atoms with Gasteiger partial charge in [-0.25, -0.2) is 4.79 Å². The molecule has 0 aliphatic carbocycles. The summed E-state index contributed by atoms with van der Waals surface area (Å²) < 4.78 is 0. The van der Waals surface area contributed by atoms with Gasteiger partial charge < -0.3 is 31.5 Å². The number of rotatable bonds is 9. The van der Waals surface area contributed by atoms with Crippen molar-refractivity contribution in [3.63, 3.8) is 0 Å². The molecule has 1 aliphatic heterocycles. The van der Waals surface area contributed by atoms with Crippen LogP contribution in [0.25, 0.3) is 0 Å². The number of nitrogens with zero attached hydrogens (tertiary/aromatic N) is 1. The van der Waals surface area contributed by atoms with E-state index in [0.29, 0.717) is 19.4 Å². The first-order chi connectivity index (χ1) is 12.3. The number of aliphatic hydroxyl groups excluding tert-OH is 1. The zero-order valence-corrected chi connectivity index (χ0v) is 15.8. The molecular formula is C14H24N4O6S2. The maximum Gasteiger partial charge on any atom is 0.328 e. The van der Waals surface area contributed by atoms with E-state index in [-0.39, 0.29) is 11.5 Å². The van der Waals surface area contributed by atoms with Crippen LogP contribution < -0.4 is 16.4 Å². The lowest BCUT2D eigenvalue weighted by Crippen LogP contribution is -2.57. The fraction of sp³-hybridized carbons (Fsp3) is 0.714. The zero-order valence-electron chi connectivity index (χ0n) is 14.0. The molecule has 0 aromatic carbocycles. The van der Waals surface area contributed by atoms with Gasteiger partial charge in [0.25, 0.3) is 0 Å². The second kappa shape index (κ2) is 10.6. The third-order valence-corrected chi connectivity index (χ3v) is 4.72. The Morgan fingerprint density at radius 1 is 1.15 bits per heavy atom. The van der Waals surface area contributed by atoms with Crippen molar-refractivity contribution in [3.8, 4) is 0 Å². The number of likely N-dealkylation sites (tertiary alicyclic amines) is 1. The molecule has 3 amide bonds. The molecule has 1 saturated heterocycles. The number of amides is 3. The minimum absolute atomic E-state index is 0.0911. The lowest BCUT2D eigenvalue weighted by molar-refractivity contribution is -0.143. The molecule has 0 spiro atoms. The molecule has 1 fully saturated rings. The number of thiol groups is 2. The quantitative estimate of drug-likeness (QED) is 0.203. The summed E-state index contributed by atoms with van der Waals surface area (Å²) in [6, 6.07) is -4.19. The summed E-state index contributed by atoms with van der Waals surface area (Å²) in [6.07, 6.45) is 1.04. The highest BCUT2D eigenvalue weighted by Gasteiger charge is 2.37. The maximum atomic E-state index is 12.5. The molecule has 12 heteroatoms. The van der Waals surface area contributed by atoms with E-state index in [9.17, 15) is 19.2 Å². The largest absolute Gasteiger partial charge is 0.480 e. The second-order valence-corrected chi connectivity index (χ2v) is 6.53. The Hall–Kier alpha value is -1.50. The normalized spacial score (nSPS) is 20.2. The lowest BCUT2D eigenvalue weighted by Gasteiger charge is -2.27. The monoisotopic (exact) mass is 408 g/mol. The van der Waals surface area contributed by atoms with Gasteiger partial charge in [0, 0.05) is 18.1 Å². The minimum atomic E-state index is -1.49. The summed E-state index contributed by atoms with van der Waals surface area (Å²) in [4.78, 5) is 49.1. The third kappa shape index (κ3) is 5.76. The Bertz CT molecular complexity index is 550. The van der Waals surface area contributed by atoms with E-state index in [0.717, 1.165) is 0 Å². The highest BCUT2D eigenvalue weighted by Crippen LogP contribution is 2.18. The van der Waals surface area contributed by atoms with Gasteiger partial charge in [0.15, 0.2) is 0 Å². The number of carboxylic acid groups (broad SMARTS) is 1. The van der Waals surface area contributed by atoms with Gasteiger partial charge in [-0.2, -0.15) is 25.3 Å². The number of aliphatic carboxylic acids is 1. The SMILES string of the molecule is NC(CS)C(=O)N1CCCC1C(=O)NC(CS)C(=O)NC(CO)C(=O)O. The van der Waals surface area contributed by atoms with Crippen LogP contribution in [0.15, 0.2) is 0 Å². The van der Waals surface area contributed by atoms with Crippen LogP contribution >= 0.6 is 25.3 Å². The van der Waals surface area contributed by atoms with Crippen molar-refractivity contribution in [1.29, 1.82) is 0 Å². The number of aliphatic hydroxyl groups is 1. The van der Waals surface area contributed by atoms with Crippen LogP contribution in [-0.2, 0) is 19.2 Å². The number of nitrogens with two attached hydrogens (primary N) is 1. The smallest absolute Gasteiger partial charge is 0.328 e. The van der Waals surface area contributed by atoms with E-state index in [1.165, 1.54) is 4.90 Å². The van der Waals surface area contributed by atoms with Gasteiger partial charge in [-0.3, -0.25) is 14.4 Å². The number of hydrogen-bond donors (Lipinski definition) is 7. The molecular weight excluding hydrogens is 384 g/mol. The Morgan fingerprint density at radius 2 is 1.81 bits per heavy atom. The maximum absolute atomic E-state index is 12.5. The van der Waals surface area contributed by atoms with Crippen molar-refractivity contribution in [2.24, 2.45) is 5.73 Å². The summed E-state index contributed by atoms with van der Waals surface area (Å²) in [5, 5.41) is 22.4. The number of hydrogen-bond acceptors (Lipinski definition) is 8. The molecule has 0 saturated carbocycles. The van der Waals surface area contributed by atoms with E-state index in [1.54, 1.807) is 0 Å². The predicted octanol–water partition coefficient (Wildman–Crippen LogP) is -2.79. The molecule has 0 bridgehead atoms. The first-order valence-corrected chi connectivity index (χ1v) is 9.25. The molecule has 4 unspecified atom stereocenters. The van der Waals surface area contributed by atoms with Crippen molar-refractivity contribution in [2.45, 2.75) is 37.0 Å². The average Bonchev–Trinajstić information content (AvgIpc) is 3.11. The molecule has 148 valence electrons. The van der Waals surface area contributed by atoms with Crippen LogP contribution in [0.3, 0.4) is 0 Å². The number of carbonyl (C=O) groups excluding carboxylic acids is 3. The molecule has 0 aromatic heterocycles. The number of carbonyl (C=O) groups is 4. The van der Waals surface area contributed by atoms with E-state index in [1.807, 2.05) is 0 Å². The van der Waals surface area contributed by atoms with Gasteiger partial charge in [-0.05, 0) is 12.8 Å². The van der Waals surface area contributed by atoms with Gasteiger partial charge in [0.2, 0.25) is 17.7 Å². The standard InChI is InChI=1S/C14H24N4O6S2/c15-7(5-25)13(22)18-3-1-2-10(18)12(21)17-9(6-26)11(20)16-8(4-19)14(23)24/h7-10,19,25-26H,1-6,15H2,(H,16,20)(H,17,21)(H,23,24). The summed E-state index contributed by atoms with van der Waals surface area (Å²) >= 11 is 7.97. The molecule has 10 nitrogen and oxygen atoms in total. The van der Waals surface area contributed by atoms with Crippen LogP contribution in [0.5, 0.6) is 0 Å². The van der Waals surface area contributed by atoms with Gasteiger partial charge >= 0.3 is 5.97 Å². The fourth-order valence-electron chi connectivity index (χ4n) is 2.51. The molecule has 4 atom stereocenters. The number of carboxylic acids is 1. The topological polar surface area (TPSA) is 162 Å². The molecule has 1 rings (SSSR count). The average molecular weight is 409 g/mol. The van der Waals surface area contributed by atoms with Crippen molar-refractivity contribution >= 4 is 48.9 Å². The highest BCUT2D eigenvalue weighted by molar-refractivity contribution is 7.80. The molecule has 1 aliphatic rings. The summed E-state index contributed by atoms with van der Waals surface area (Å²) in [5.74, 6) is -3.09. The van der Waals surface area contributed by atoms with Crippen molar-refractivity contribution < 1.29 is 29.4 Å². The molecule has 1 heterocycles. The third-order valence-electron chi connectivity index (χ3n) is 3.97. The van der Waals surface area contributed by atoms with Gasteiger partial charge in [0.05, 0.1) is 12.6 Å². The van der Waals surface area contributed by atoms with E-state index in [4.69, 9.17) is 15.9 Å². The van der Waals surface area contributed by atoms with E-state index >= 15 is 0 Å². The van der Waals surface area contributed by atoms with Gasteiger partial charge in [0.1, 0.15) is 18.1 Å². The van der Waals surface area contributed by atoms with E-state index < -0.39 is 54.5 Å². The van der Waals surface area contributed by atoms with Crippen LogP contribution in [0, 0.1) is 0 Å². The van der Waals surface area contributed by atoms with Crippen LogP contribution in [0.4, 0.5) is 0 Å². The Balaban J connectivity index is 2.74. The lowest BCUT2D eigenvalue weighted by atomic mass is 10.1. The number of nitrogens with one attached hydrogen (secondary N) is 2. The summed E-state index contributed by atoms with van der Waals surface area (Å²) in [7, 11) is 0. The first kappa shape index (κ1) is 22.5. The molecule has 0 aromatic rings. The highest BCUT2D eigenvalue weighted by atomic mass is 32.1. The summed E-state index contributed by atoms with van der Waals surface area (Å²) in [6.45, 7) is -0.414.